The monoisotopic (exact) mass is 399 g/mol. The van der Waals surface area contributed by atoms with Gasteiger partial charge >= 0.3 is 0 Å². The predicted molar refractivity (Wildman–Crippen MR) is 105 cm³/mol. The Bertz CT molecular complexity index is 688. The molecule has 3 rings (SSSR count). The van der Waals surface area contributed by atoms with Crippen LogP contribution in [-0.4, -0.2) is 49.1 Å². The second-order valence-corrected chi connectivity index (χ2v) is 5.53. The maximum absolute atomic E-state index is 12.7. The summed E-state index contributed by atoms with van der Waals surface area (Å²) < 4.78 is 11.0. The molecule has 1 fully saturated rings. The number of aromatic nitrogens is 1. The molecule has 1 atom stereocenters. The summed E-state index contributed by atoms with van der Waals surface area (Å²) in [7, 11) is 1.65. The van der Waals surface area contributed by atoms with E-state index < -0.39 is 0 Å². The van der Waals surface area contributed by atoms with Crippen molar-refractivity contribution in [2.75, 3.05) is 33.4 Å². The van der Waals surface area contributed by atoms with Gasteiger partial charge in [-0.1, -0.05) is 18.2 Å². The van der Waals surface area contributed by atoms with E-state index in [9.17, 15) is 4.79 Å². The Balaban J connectivity index is 0.00000169. The summed E-state index contributed by atoms with van der Waals surface area (Å²) in [4.78, 5) is 18.5. The average molecular weight is 400 g/mol. The number of amides is 1. The highest BCUT2D eigenvalue weighted by molar-refractivity contribution is 5.85. The number of pyridine rings is 1. The number of rotatable bonds is 5. The molecule has 1 N–H and O–H groups in total. The van der Waals surface area contributed by atoms with Crippen LogP contribution < -0.4 is 14.8 Å². The standard InChI is InChI=1S/C18H21N3O3.2ClH/c1-23-17-7-3-2-6-15(17)16-12-20-9-10-21(16)18(22)13-24-14-5-4-8-19-11-14;;/h2-8,11,16,20H,9-10,12-13H2,1H3;2*1H. The molecule has 0 radical (unpaired) electrons. The smallest absolute Gasteiger partial charge is 0.261 e. The quantitative estimate of drug-likeness (QED) is 0.836. The van der Waals surface area contributed by atoms with Crippen molar-refractivity contribution in [3.8, 4) is 11.5 Å². The number of carbonyl (C=O) groups is 1. The number of nitrogens with one attached hydrogen (secondary N) is 1. The number of nitrogens with zero attached hydrogens (tertiary/aromatic N) is 2. The lowest BCUT2D eigenvalue weighted by Crippen LogP contribution is -2.50. The van der Waals surface area contributed by atoms with E-state index in [2.05, 4.69) is 10.3 Å². The molecule has 8 heteroatoms. The van der Waals surface area contributed by atoms with Crippen molar-refractivity contribution >= 4 is 30.7 Å². The topological polar surface area (TPSA) is 63.7 Å². The third kappa shape index (κ3) is 5.24. The molecule has 1 aromatic heterocycles. The second kappa shape index (κ2) is 10.9. The van der Waals surface area contributed by atoms with Gasteiger partial charge in [0, 0.05) is 31.4 Å². The van der Waals surface area contributed by atoms with Gasteiger partial charge in [-0.3, -0.25) is 9.78 Å². The van der Waals surface area contributed by atoms with Crippen LogP contribution in [0.5, 0.6) is 11.5 Å². The first-order valence-corrected chi connectivity index (χ1v) is 7.95. The predicted octanol–water partition coefficient (Wildman–Crippen LogP) is 2.49. The number of hydrogen-bond acceptors (Lipinski definition) is 5. The van der Waals surface area contributed by atoms with Gasteiger partial charge in [-0.15, -0.1) is 24.8 Å². The van der Waals surface area contributed by atoms with Crippen LogP contribution in [0.3, 0.4) is 0 Å². The summed E-state index contributed by atoms with van der Waals surface area (Å²) in [6, 6.07) is 11.3. The van der Waals surface area contributed by atoms with Gasteiger partial charge in [0.25, 0.3) is 5.91 Å². The molecule has 142 valence electrons. The summed E-state index contributed by atoms with van der Waals surface area (Å²) in [5, 5.41) is 3.34. The van der Waals surface area contributed by atoms with Crippen LogP contribution in [0, 0.1) is 0 Å². The highest BCUT2D eigenvalue weighted by atomic mass is 35.5. The molecule has 0 saturated carbocycles. The number of halogens is 2. The van der Waals surface area contributed by atoms with Gasteiger partial charge < -0.3 is 19.7 Å². The van der Waals surface area contributed by atoms with Crippen molar-refractivity contribution in [2.45, 2.75) is 6.04 Å². The van der Waals surface area contributed by atoms with Gasteiger partial charge in [0.1, 0.15) is 11.5 Å². The largest absolute Gasteiger partial charge is 0.496 e. The fraction of sp³-hybridized carbons (Fsp3) is 0.333. The lowest BCUT2D eigenvalue weighted by molar-refractivity contribution is -0.136. The van der Waals surface area contributed by atoms with Crippen molar-refractivity contribution in [1.29, 1.82) is 0 Å². The molecule has 1 saturated heterocycles. The van der Waals surface area contributed by atoms with Gasteiger partial charge in [-0.05, 0) is 18.2 Å². The van der Waals surface area contributed by atoms with E-state index in [1.54, 1.807) is 31.6 Å². The number of hydrogen-bond donors (Lipinski definition) is 1. The normalized spacial score (nSPS) is 16.0. The number of methoxy groups -OCH3 is 1. The summed E-state index contributed by atoms with van der Waals surface area (Å²) in [6.45, 7) is 2.10. The maximum Gasteiger partial charge on any atom is 0.261 e. The number of ether oxygens (including phenoxy) is 2. The average Bonchev–Trinajstić information content (AvgIpc) is 2.67. The van der Waals surface area contributed by atoms with Gasteiger partial charge in [-0.2, -0.15) is 0 Å². The van der Waals surface area contributed by atoms with Crippen LogP contribution in [-0.2, 0) is 4.79 Å². The highest BCUT2D eigenvalue weighted by Gasteiger charge is 2.29. The number of benzene rings is 1. The first-order valence-electron chi connectivity index (χ1n) is 7.95. The minimum Gasteiger partial charge on any atom is -0.496 e. The first-order chi connectivity index (χ1) is 11.8. The zero-order valence-electron chi connectivity index (χ0n) is 14.5. The molecule has 2 heterocycles. The molecule has 26 heavy (non-hydrogen) atoms. The molecule has 1 aromatic carbocycles. The first kappa shape index (κ1) is 22.0. The Kier molecular flexibility index (Phi) is 9.19. The minimum absolute atomic E-state index is 0. The molecule has 0 aliphatic carbocycles. The molecule has 0 bridgehead atoms. The molecule has 2 aromatic rings. The second-order valence-electron chi connectivity index (χ2n) is 5.53. The molecule has 6 nitrogen and oxygen atoms in total. The molecular formula is C18H23Cl2N3O3. The van der Waals surface area contributed by atoms with Crippen molar-refractivity contribution in [2.24, 2.45) is 0 Å². The van der Waals surface area contributed by atoms with Gasteiger partial charge in [-0.25, -0.2) is 0 Å². The number of piperazine rings is 1. The fourth-order valence-electron chi connectivity index (χ4n) is 2.88. The Morgan fingerprint density at radius 3 is 2.81 bits per heavy atom. The zero-order valence-corrected chi connectivity index (χ0v) is 16.1. The van der Waals surface area contributed by atoms with Gasteiger partial charge in [0.2, 0.25) is 0 Å². The molecule has 1 amide bonds. The lowest BCUT2D eigenvalue weighted by Gasteiger charge is -2.37. The third-order valence-corrected chi connectivity index (χ3v) is 4.06. The van der Waals surface area contributed by atoms with E-state index in [4.69, 9.17) is 9.47 Å². The summed E-state index contributed by atoms with van der Waals surface area (Å²) in [6.07, 6.45) is 3.27. The summed E-state index contributed by atoms with van der Waals surface area (Å²) in [5.41, 5.74) is 1.00. The van der Waals surface area contributed by atoms with E-state index in [-0.39, 0.29) is 43.4 Å². The van der Waals surface area contributed by atoms with E-state index in [1.165, 1.54) is 0 Å². The molecule has 0 spiro atoms. The van der Waals surface area contributed by atoms with Crippen molar-refractivity contribution in [1.82, 2.24) is 15.2 Å². The third-order valence-electron chi connectivity index (χ3n) is 4.06. The van der Waals surface area contributed by atoms with Crippen LogP contribution in [0.25, 0.3) is 0 Å². The van der Waals surface area contributed by atoms with Crippen LogP contribution in [0.1, 0.15) is 11.6 Å². The summed E-state index contributed by atoms with van der Waals surface area (Å²) >= 11 is 0. The Labute approximate surface area is 165 Å². The van der Waals surface area contributed by atoms with Crippen LogP contribution in [0.2, 0.25) is 0 Å². The fourth-order valence-corrected chi connectivity index (χ4v) is 2.88. The van der Waals surface area contributed by atoms with Crippen molar-refractivity contribution in [3.05, 3.63) is 54.4 Å². The maximum atomic E-state index is 12.7. The van der Waals surface area contributed by atoms with Crippen molar-refractivity contribution < 1.29 is 14.3 Å². The minimum atomic E-state index is -0.0695. The Morgan fingerprint density at radius 1 is 1.27 bits per heavy atom. The molecular weight excluding hydrogens is 377 g/mol. The highest BCUT2D eigenvalue weighted by Crippen LogP contribution is 2.30. The summed E-state index contributed by atoms with van der Waals surface area (Å²) in [5.74, 6) is 1.34. The van der Waals surface area contributed by atoms with E-state index in [1.807, 2.05) is 29.2 Å². The van der Waals surface area contributed by atoms with Crippen LogP contribution in [0.4, 0.5) is 0 Å². The zero-order chi connectivity index (χ0) is 16.8. The van der Waals surface area contributed by atoms with Crippen LogP contribution in [0.15, 0.2) is 48.8 Å². The number of carbonyl (C=O) groups excluding carboxylic acids is 1. The van der Waals surface area contributed by atoms with Crippen molar-refractivity contribution in [3.63, 3.8) is 0 Å². The lowest BCUT2D eigenvalue weighted by atomic mass is 10.0. The van der Waals surface area contributed by atoms with Gasteiger partial charge in [0.05, 0.1) is 19.3 Å². The van der Waals surface area contributed by atoms with Gasteiger partial charge in [0.15, 0.2) is 6.61 Å². The van der Waals surface area contributed by atoms with Crippen LogP contribution >= 0.6 is 24.8 Å². The Morgan fingerprint density at radius 2 is 2.08 bits per heavy atom. The molecule has 1 aliphatic heterocycles. The Hall–Kier alpha value is -2.02. The van der Waals surface area contributed by atoms with E-state index >= 15 is 0 Å². The SMILES string of the molecule is COc1ccccc1C1CNCCN1C(=O)COc1cccnc1.Cl.Cl. The molecule has 1 unspecified atom stereocenters. The van der Waals surface area contributed by atoms with E-state index in [0.29, 0.717) is 18.8 Å². The van der Waals surface area contributed by atoms with E-state index in [0.717, 1.165) is 17.9 Å². The molecule has 1 aliphatic rings. The number of para-hydroxylation sites is 1.